The topological polar surface area (TPSA) is 108 Å². The number of hydrogen-bond donors (Lipinski definition) is 3. The van der Waals surface area contributed by atoms with Gasteiger partial charge in [0.2, 0.25) is 0 Å². The number of aryl methyl sites for hydroxylation is 1. The fourth-order valence-corrected chi connectivity index (χ4v) is 2.16. The number of sulfonamides is 1. The van der Waals surface area contributed by atoms with Crippen LogP contribution < -0.4 is 16.0 Å². The van der Waals surface area contributed by atoms with Crippen molar-refractivity contribution in [3.8, 4) is 6.07 Å². The van der Waals surface area contributed by atoms with E-state index in [1.54, 1.807) is 6.92 Å². The van der Waals surface area contributed by atoms with Gasteiger partial charge in [0.15, 0.2) is 5.11 Å². The van der Waals surface area contributed by atoms with Crippen molar-refractivity contribution >= 4 is 27.4 Å². The van der Waals surface area contributed by atoms with Gasteiger partial charge >= 0.3 is 0 Å². The maximum atomic E-state index is 11.7. The van der Waals surface area contributed by atoms with Crippen LogP contribution in [-0.4, -0.2) is 13.5 Å². The lowest BCUT2D eigenvalue weighted by atomic mass is 10.1. The molecule has 0 amide bonds. The molecular formula is C9H10N4O2S2. The summed E-state index contributed by atoms with van der Waals surface area (Å²) in [6.07, 6.45) is 0. The Morgan fingerprint density at radius 3 is 2.65 bits per heavy atom. The first kappa shape index (κ1) is 13.4. The highest BCUT2D eigenvalue weighted by Crippen LogP contribution is 2.14. The molecule has 90 valence electrons. The van der Waals surface area contributed by atoms with Crippen LogP contribution in [0, 0.1) is 18.3 Å². The number of hydrazine groups is 1. The molecule has 4 N–H and O–H groups in total. The van der Waals surface area contributed by atoms with Crippen LogP contribution in [0.25, 0.3) is 0 Å². The quantitative estimate of drug-likeness (QED) is 0.522. The molecular weight excluding hydrogens is 260 g/mol. The molecule has 8 heteroatoms. The monoisotopic (exact) mass is 270 g/mol. The Labute approximate surface area is 104 Å². The molecule has 0 radical (unpaired) electrons. The minimum absolute atomic E-state index is 0.0257. The second-order valence-electron chi connectivity index (χ2n) is 3.18. The van der Waals surface area contributed by atoms with Gasteiger partial charge < -0.3 is 5.73 Å². The molecule has 1 aromatic rings. The molecule has 0 unspecified atom stereocenters. The van der Waals surface area contributed by atoms with Crippen molar-refractivity contribution < 1.29 is 8.42 Å². The van der Waals surface area contributed by atoms with Gasteiger partial charge in [0.05, 0.1) is 16.5 Å². The van der Waals surface area contributed by atoms with Gasteiger partial charge in [-0.05, 0) is 42.9 Å². The van der Waals surface area contributed by atoms with E-state index < -0.39 is 10.0 Å². The second-order valence-corrected chi connectivity index (χ2v) is 5.31. The lowest BCUT2D eigenvalue weighted by Gasteiger charge is -2.08. The molecule has 6 nitrogen and oxygen atoms in total. The number of thiocarbonyl (C=S) groups is 1. The predicted molar refractivity (Wildman–Crippen MR) is 66.1 cm³/mol. The lowest BCUT2D eigenvalue weighted by molar-refractivity contribution is 0.577. The molecule has 0 fully saturated rings. The van der Waals surface area contributed by atoms with E-state index in [1.165, 1.54) is 18.2 Å². The Kier molecular flexibility index (Phi) is 4.01. The maximum absolute atomic E-state index is 11.7. The summed E-state index contributed by atoms with van der Waals surface area (Å²) in [5.74, 6) is 0. The molecule has 0 aliphatic rings. The van der Waals surface area contributed by atoms with Crippen molar-refractivity contribution in [2.24, 2.45) is 5.73 Å². The van der Waals surface area contributed by atoms with E-state index in [-0.39, 0.29) is 10.0 Å². The Balaban J connectivity index is 3.05. The van der Waals surface area contributed by atoms with Gasteiger partial charge in [-0.2, -0.15) is 5.26 Å². The van der Waals surface area contributed by atoms with Crippen molar-refractivity contribution in [2.45, 2.75) is 11.8 Å². The summed E-state index contributed by atoms with van der Waals surface area (Å²) in [6.45, 7) is 1.65. The minimum Gasteiger partial charge on any atom is -0.375 e. The first-order valence-electron chi connectivity index (χ1n) is 4.45. The van der Waals surface area contributed by atoms with Crippen LogP contribution >= 0.6 is 12.2 Å². The Bertz CT molecular complexity index is 590. The van der Waals surface area contributed by atoms with Crippen molar-refractivity contribution in [1.82, 2.24) is 10.3 Å². The standard InChI is InChI=1S/C9H10N4O2S2/c1-6-4-8(3-2-7(6)5-10)17(14,15)13-12-9(11)16/h2-4,13H,1H3,(H3,11,12,16). The largest absolute Gasteiger partial charge is 0.375 e. The highest BCUT2D eigenvalue weighted by atomic mass is 32.2. The van der Waals surface area contributed by atoms with Crippen molar-refractivity contribution in [3.63, 3.8) is 0 Å². The van der Waals surface area contributed by atoms with Gasteiger partial charge in [0, 0.05) is 0 Å². The molecule has 0 saturated heterocycles. The van der Waals surface area contributed by atoms with Crippen LogP contribution in [0.4, 0.5) is 0 Å². The van der Waals surface area contributed by atoms with E-state index in [2.05, 4.69) is 17.6 Å². The number of nitrogens with zero attached hydrogens (tertiary/aromatic N) is 1. The van der Waals surface area contributed by atoms with Gasteiger partial charge in [-0.3, -0.25) is 5.43 Å². The zero-order valence-electron chi connectivity index (χ0n) is 8.89. The Hall–Kier alpha value is -1.69. The summed E-state index contributed by atoms with van der Waals surface area (Å²) in [5.41, 5.74) is 8.24. The molecule has 0 aliphatic carbocycles. The molecule has 0 spiro atoms. The van der Waals surface area contributed by atoms with Crippen molar-refractivity contribution in [3.05, 3.63) is 29.3 Å². The number of benzene rings is 1. The molecule has 0 bridgehead atoms. The average Bonchev–Trinajstić information content (AvgIpc) is 2.26. The van der Waals surface area contributed by atoms with Crippen LogP contribution in [-0.2, 0) is 10.0 Å². The number of nitrogens with one attached hydrogen (secondary N) is 2. The first-order valence-corrected chi connectivity index (χ1v) is 6.34. The third-order valence-corrected chi connectivity index (χ3v) is 3.28. The van der Waals surface area contributed by atoms with E-state index in [0.29, 0.717) is 11.1 Å². The van der Waals surface area contributed by atoms with Crippen LogP contribution in [0.3, 0.4) is 0 Å². The van der Waals surface area contributed by atoms with Crippen LogP contribution in [0.5, 0.6) is 0 Å². The molecule has 17 heavy (non-hydrogen) atoms. The molecule has 0 atom stereocenters. The Morgan fingerprint density at radius 1 is 1.53 bits per heavy atom. The van der Waals surface area contributed by atoms with E-state index in [1.807, 2.05) is 10.9 Å². The highest BCUT2D eigenvalue weighted by Gasteiger charge is 2.14. The molecule has 0 aliphatic heterocycles. The van der Waals surface area contributed by atoms with E-state index in [0.717, 1.165) is 0 Å². The number of nitrogens with two attached hydrogens (primary N) is 1. The van der Waals surface area contributed by atoms with Gasteiger partial charge in [-0.25, -0.2) is 8.42 Å². The summed E-state index contributed by atoms with van der Waals surface area (Å²) in [7, 11) is -3.74. The third-order valence-electron chi connectivity index (χ3n) is 1.94. The minimum atomic E-state index is -3.74. The smallest absolute Gasteiger partial charge is 0.257 e. The van der Waals surface area contributed by atoms with E-state index >= 15 is 0 Å². The SMILES string of the molecule is Cc1cc(S(=O)(=O)NNC(N)=S)ccc1C#N. The summed E-state index contributed by atoms with van der Waals surface area (Å²) >= 11 is 4.48. The first-order chi connectivity index (χ1) is 7.86. The third kappa shape index (κ3) is 3.39. The number of hydrogen-bond acceptors (Lipinski definition) is 4. The van der Waals surface area contributed by atoms with Gasteiger partial charge in [-0.15, -0.1) is 4.83 Å². The fourth-order valence-electron chi connectivity index (χ4n) is 1.11. The van der Waals surface area contributed by atoms with Crippen LogP contribution in [0.15, 0.2) is 23.1 Å². The summed E-state index contributed by atoms with van der Waals surface area (Å²) in [6, 6.07) is 6.11. The Morgan fingerprint density at radius 2 is 2.18 bits per heavy atom. The van der Waals surface area contributed by atoms with Crippen molar-refractivity contribution in [1.29, 1.82) is 5.26 Å². The fraction of sp³-hybridized carbons (Fsp3) is 0.111. The molecule has 0 aromatic heterocycles. The van der Waals surface area contributed by atoms with Gasteiger partial charge in [-0.1, -0.05) is 0 Å². The maximum Gasteiger partial charge on any atom is 0.257 e. The average molecular weight is 270 g/mol. The second kappa shape index (κ2) is 5.09. The number of rotatable bonds is 3. The van der Waals surface area contributed by atoms with Gasteiger partial charge in [0.25, 0.3) is 10.0 Å². The molecule has 0 saturated carbocycles. The molecule has 1 rings (SSSR count). The normalized spacial score (nSPS) is 10.6. The van der Waals surface area contributed by atoms with Crippen molar-refractivity contribution in [2.75, 3.05) is 0 Å². The molecule has 0 heterocycles. The summed E-state index contributed by atoms with van der Waals surface area (Å²) in [4.78, 5) is 2.04. The zero-order valence-corrected chi connectivity index (χ0v) is 10.5. The van der Waals surface area contributed by atoms with E-state index in [4.69, 9.17) is 11.0 Å². The predicted octanol–water partition coefficient (Wildman–Crippen LogP) is -0.107. The van der Waals surface area contributed by atoms with Gasteiger partial charge in [0.1, 0.15) is 0 Å². The van der Waals surface area contributed by atoms with Crippen LogP contribution in [0.1, 0.15) is 11.1 Å². The summed E-state index contributed by atoms with van der Waals surface area (Å²) in [5, 5.41) is 8.55. The zero-order chi connectivity index (χ0) is 13.1. The van der Waals surface area contributed by atoms with Crippen LogP contribution in [0.2, 0.25) is 0 Å². The highest BCUT2D eigenvalue weighted by molar-refractivity contribution is 7.89. The lowest BCUT2D eigenvalue weighted by Crippen LogP contribution is -2.44. The van der Waals surface area contributed by atoms with E-state index in [9.17, 15) is 8.42 Å². The number of nitriles is 1. The molecule has 1 aromatic carbocycles. The summed E-state index contributed by atoms with van der Waals surface area (Å²) < 4.78 is 23.4.